The summed E-state index contributed by atoms with van der Waals surface area (Å²) in [6, 6.07) is 2.26. The largest absolute Gasteiger partial charge is 0.472 e. The van der Waals surface area contributed by atoms with Gasteiger partial charge >= 0.3 is 0 Å². The summed E-state index contributed by atoms with van der Waals surface area (Å²) < 4.78 is 4.94. The van der Waals surface area contributed by atoms with E-state index in [1.54, 1.807) is 6.07 Å². The number of aliphatic hydroxyl groups excluding tert-OH is 1. The maximum absolute atomic E-state index is 12.1. The summed E-state index contributed by atoms with van der Waals surface area (Å²) in [5.74, 6) is 0.0430. The summed E-state index contributed by atoms with van der Waals surface area (Å²) >= 11 is 0. The Morgan fingerprint density at radius 3 is 2.84 bits per heavy atom. The SMILES string of the molecule is CCC(CO)NC1CCN(C(=O)c2ccoc2)CC1. The van der Waals surface area contributed by atoms with Gasteiger partial charge in [-0.25, -0.2) is 0 Å². The van der Waals surface area contributed by atoms with E-state index in [0.717, 1.165) is 32.4 Å². The fraction of sp³-hybridized carbons (Fsp3) is 0.643. The summed E-state index contributed by atoms with van der Waals surface area (Å²) in [6.07, 6.45) is 5.80. The molecular formula is C14H22N2O3. The molecule has 19 heavy (non-hydrogen) atoms. The highest BCUT2D eigenvalue weighted by Crippen LogP contribution is 2.15. The molecule has 1 unspecified atom stereocenters. The Labute approximate surface area is 113 Å². The van der Waals surface area contributed by atoms with E-state index in [1.807, 2.05) is 4.90 Å². The summed E-state index contributed by atoms with van der Waals surface area (Å²) in [5, 5.41) is 12.6. The van der Waals surface area contributed by atoms with Crippen LogP contribution in [0.25, 0.3) is 0 Å². The van der Waals surface area contributed by atoms with Crippen LogP contribution >= 0.6 is 0 Å². The molecule has 0 aromatic carbocycles. The smallest absolute Gasteiger partial charge is 0.257 e. The van der Waals surface area contributed by atoms with E-state index in [1.165, 1.54) is 12.5 Å². The highest BCUT2D eigenvalue weighted by Gasteiger charge is 2.24. The second-order valence-electron chi connectivity index (χ2n) is 5.03. The Morgan fingerprint density at radius 2 is 2.32 bits per heavy atom. The summed E-state index contributed by atoms with van der Waals surface area (Å²) in [4.78, 5) is 14.0. The Bertz CT molecular complexity index is 379. The quantitative estimate of drug-likeness (QED) is 0.841. The fourth-order valence-corrected chi connectivity index (χ4v) is 2.45. The number of nitrogens with one attached hydrogen (secondary N) is 1. The van der Waals surface area contributed by atoms with Crippen molar-refractivity contribution < 1.29 is 14.3 Å². The molecule has 1 saturated heterocycles. The van der Waals surface area contributed by atoms with Crippen molar-refractivity contribution in [2.24, 2.45) is 0 Å². The molecule has 1 fully saturated rings. The summed E-state index contributed by atoms with van der Waals surface area (Å²) in [7, 11) is 0. The predicted molar refractivity (Wildman–Crippen MR) is 71.9 cm³/mol. The van der Waals surface area contributed by atoms with Gasteiger partial charge in [0.15, 0.2) is 0 Å². The summed E-state index contributed by atoms with van der Waals surface area (Å²) in [6.45, 7) is 3.74. The number of carbonyl (C=O) groups is 1. The first kappa shape index (κ1) is 14.1. The van der Waals surface area contributed by atoms with E-state index in [-0.39, 0.29) is 18.6 Å². The topological polar surface area (TPSA) is 65.7 Å². The van der Waals surface area contributed by atoms with E-state index >= 15 is 0 Å². The number of amides is 1. The number of furan rings is 1. The molecule has 1 aliphatic heterocycles. The van der Waals surface area contributed by atoms with Gasteiger partial charge in [-0.2, -0.15) is 0 Å². The van der Waals surface area contributed by atoms with Gasteiger partial charge in [0, 0.05) is 25.2 Å². The Morgan fingerprint density at radius 1 is 1.58 bits per heavy atom. The van der Waals surface area contributed by atoms with E-state index in [0.29, 0.717) is 11.6 Å². The third-order valence-electron chi connectivity index (χ3n) is 3.73. The van der Waals surface area contributed by atoms with Crippen molar-refractivity contribution in [2.75, 3.05) is 19.7 Å². The molecule has 1 aromatic heterocycles. The average molecular weight is 266 g/mol. The highest BCUT2D eigenvalue weighted by atomic mass is 16.3. The molecule has 1 amide bonds. The Hall–Kier alpha value is -1.33. The number of piperidine rings is 1. The second kappa shape index (κ2) is 6.73. The van der Waals surface area contributed by atoms with Gasteiger partial charge < -0.3 is 19.7 Å². The standard InChI is InChI=1S/C14H22N2O3/c1-2-12(9-17)15-13-3-6-16(7-4-13)14(18)11-5-8-19-10-11/h5,8,10,12-13,15,17H,2-4,6-7,9H2,1H3. The molecule has 2 N–H and O–H groups in total. The lowest BCUT2D eigenvalue weighted by atomic mass is 10.0. The van der Waals surface area contributed by atoms with Gasteiger partial charge in [0.1, 0.15) is 6.26 Å². The van der Waals surface area contributed by atoms with Crippen molar-refractivity contribution in [3.63, 3.8) is 0 Å². The van der Waals surface area contributed by atoms with Crippen LogP contribution in [-0.4, -0.2) is 47.7 Å². The van der Waals surface area contributed by atoms with Gasteiger partial charge in [-0.05, 0) is 25.3 Å². The van der Waals surface area contributed by atoms with Crippen molar-refractivity contribution in [3.05, 3.63) is 24.2 Å². The van der Waals surface area contributed by atoms with Gasteiger partial charge in [-0.3, -0.25) is 4.79 Å². The highest BCUT2D eigenvalue weighted by molar-refractivity contribution is 5.93. The first-order valence-electron chi connectivity index (χ1n) is 6.93. The first-order chi connectivity index (χ1) is 9.24. The van der Waals surface area contributed by atoms with Gasteiger partial charge in [0.2, 0.25) is 0 Å². The molecular weight excluding hydrogens is 244 g/mol. The van der Waals surface area contributed by atoms with Crippen LogP contribution in [0.2, 0.25) is 0 Å². The maximum atomic E-state index is 12.1. The number of rotatable bonds is 5. The molecule has 0 aliphatic carbocycles. The fourth-order valence-electron chi connectivity index (χ4n) is 2.45. The normalized spacial score (nSPS) is 18.5. The zero-order chi connectivity index (χ0) is 13.7. The van der Waals surface area contributed by atoms with Crippen LogP contribution in [0.3, 0.4) is 0 Å². The number of hydrogen-bond donors (Lipinski definition) is 2. The van der Waals surface area contributed by atoms with Crippen molar-refractivity contribution in [3.8, 4) is 0 Å². The number of nitrogens with zero attached hydrogens (tertiary/aromatic N) is 1. The molecule has 0 saturated carbocycles. The van der Waals surface area contributed by atoms with Crippen LogP contribution < -0.4 is 5.32 Å². The Kier molecular flexibility index (Phi) is 4.99. The van der Waals surface area contributed by atoms with Crippen LogP contribution in [0, 0.1) is 0 Å². The van der Waals surface area contributed by atoms with E-state index in [2.05, 4.69) is 12.2 Å². The molecule has 2 heterocycles. The molecule has 5 nitrogen and oxygen atoms in total. The minimum Gasteiger partial charge on any atom is -0.472 e. The van der Waals surface area contributed by atoms with E-state index in [9.17, 15) is 9.90 Å². The molecule has 1 aliphatic rings. The Balaban J connectivity index is 1.81. The second-order valence-corrected chi connectivity index (χ2v) is 5.03. The van der Waals surface area contributed by atoms with Crippen LogP contribution in [0.4, 0.5) is 0 Å². The van der Waals surface area contributed by atoms with E-state index < -0.39 is 0 Å². The van der Waals surface area contributed by atoms with Gasteiger partial charge in [0.05, 0.1) is 18.4 Å². The third-order valence-corrected chi connectivity index (χ3v) is 3.73. The molecule has 0 spiro atoms. The minimum atomic E-state index is 0.0430. The zero-order valence-corrected chi connectivity index (χ0v) is 11.3. The van der Waals surface area contributed by atoms with Crippen molar-refractivity contribution in [2.45, 2.75) is 38.3 Å². The van der Waals surface area contributed by atoms with Crippen molar-refractivity contribution >= 4 is 5.91 Å². The number of likely N-dealkylation sites (tertiary alicyclic amines) is 1. The predicted octanol–water partition coefficient (Wildman–Crippen LogP) is 1.24. The maximum Gasteiger partial charge on any atom is 0.257 e. The molecule has 1 atom stereocenters. The third kappa shape index (κ3) is 3.58. The van der Waals surface area contributed by atoms with E-state index in [4.69, 9.17) is 4.42 Å². The van der Waals surface area contributed by atoms with Crippen molar-refractivity contribution in [1.82, 2.24) is 10.2 Å². The van der Waals surface area contributed by atoms with Gasteiger partial charge in [0.25, 0.3) is 5.91 Å². The molecule has 2 rings (SSSR count). The number of aliphatic hydroxyl groups is 1. The lowest BCUT2D eigenvalue weighted by molar-refractivity contribution is 0.0696. The number of hydrogen-bond acceptors (Lipinski definition) is 4. The first-order valence-corrected chi connectivity index (χ1v) is 6.93. The number of carbonyl (C=O) groups excluding carboxylic acids is 1. The zero-order valence-electron chi connectivity index (χ0n) is 11.3. The molecule has 0 bridgehead atoms. The van der Waals surface area contributed by atoms with Crippen LogP contribution in [0.1, 0.15) is 36.5 Å². The lowest BCUT2D eigenvalue weighted by Gasteiger charge is -2.34. The van der Waals surface area contributed by atoms with Crippen LogP contribution in [-0.2, 0) is 0 Å². The van der Waals surface area contributed by atoms with Gasteiger partial charge in [-0.15, -0.1) is 0 Å². The monoisotopic (exact) mass is 266 g/mol. The molecule has 5 heteroatoms. The van der Waals surface area contributed by atoms with Crippen LogP contribution in [0.15, 0.2) is 23.0 Å². The minimum absolute atomic E-state index is 0.0430. The summed E-state index contributed by atoms with van der Waals surface area (Å²) in [5.41, 5.74) is 0.619. The average Bonchev–Trinajstić information content (AvgIpc) is 2.99. The molecule has 0 radical (unpaired) electrons. The van der Waals surface area contributed by atoms with Gasteiger partial charge in [-0.1, -0.05) is 6.92 Å². The molecule has 1 aromatic rings. The van der Waals surface area contributed by atoms with Crippen molar-refractivity contribution in [1.29, 1.82) is 0 Å². The lowest BCUT2D eigenvalue weighted by Crippen LogP contribution is -2.48. The van der Waals surface area contributed by atoms with Crippen LogP contribution in [0.5, 0.6) is 0 Å². The molecule has 106 valence electrons.